The van der Waals surface area contributed by atoms with Crippen LogP contribution < -0.4 is 5.32 Å². The van der Waals surface area contributed by atoms with Gasteiger partial charge in [0.05, 0.1) is 5.56 Å². The van der Waals surface area contributed by atoms with Gasteiger partial charge >= 0.3 is 0 Å². The summed E-state index contributed by atoms with van der Waals surface area (Å²) in [5.41, 5.74) is 2.15. The summed E-state index contributed by atoms with van der Waals surface area (Å²) in [6.45, 7) is 8.43. The average molecular weight is 444 g/mol. The van der Waals surface area contributed by atoms with Gasteiger partial charge in [0.15, 0.2) is 0 Å². The summed E-state index contributed by atoms with van der Waals surface area (Å²) in [6.07, 6.45) is 1.03. The fourth-order valence-electron chi connectivity index (χ4n) is 3.98. The fraction of sp³-hybridized carbons (Fsp3) is 0.440. The lowest BCUT2D eigenvalue weighted by Crippen LogP contribution is -2.43. The molecule has 0 aliphatic carbocycles. The van der Waals surface area contributed by atoms with Crippen LogP contribution in [0.2, 0.25) is 0 Å². The lowest BCUT2D eigenvalue weighted by Gasteiger charge is -2.31. The molecule has 32 heavy (non-hydrogen) atoms. The first-order chi connectivity index (χ1) is 15.4. The van der Waals surface area contributed by atoms with E-state index in [9.17, 15) is 18.4 Å². The summed E-state index contributed by atoms with van der Waals surface area (Å²) >= 11 is 0. The topological polar surface area (TPSA) is 52.7 Å². The molecule has 2 amide bonds. The Morgan fingerprint density at radius 3 is 2.22 bits per heavy atom. The van der Waals surface area contributed by atoms with Crippen LogP contribution in [0.3, 0.4) is 0 Å². The van der Waals surface area contributed by atoms with Crippen molar-refractivity contribution in [2.75, 3.05) is 26.2 Å². The molecule has 3 rings (SSSR count). The minimum absolute atomic E-state index is 0.0303. The summed E-state index contributed by atoms with van der Waals surface area (Å²) in [5.74, 6) is -2.26. The van der Waals surface area contributed by atoms with Crippen LogP contribution in [0.5, 0.6) is 0 Å². The van der Waals surface area contributed by atoms with Crippen LogP contribution in [0.4, 0.5) is 8.78 Å². The lowest BCUT2D eigenvalue weighted by molar-refractivity contribution is -0.126. The normalized spacial score (nSPS) is 14.6. The smallest absolute Gasteiger partial charge is 0.256 e. The molecule has 0 spiro atoms. The molecule has 1 fully saturated rings. The Labute approximate surface area is 188 Å². The number of benzene rings is 2. The minimum atomic E-state index is -0.863. The molecule has 1 aliphatic rings. The van der Waals surface area contributed by atoms with E-state index in [2.05, 4.69) is 36.2 Å². The Kier molecular flexibility index (Phi) is 8.33. The van der Waals surface area contributed by atoms with E-state index in [1.807, 2.05) is 12.1 Å². The molecule has 172 valence electrons. The maximum Gasteiger partial charge on any atom is 0.256 e. The predicted molar refractivity (Wildman–Crippen MR) is 120 cm³/mol. The molecule has 0 unspecified atom stereocenters. The zero-order valence-electron chi connectivity index (χ0n) is 18.7. The van der Waals surface area contributed by atoms with E-state index in [1.54, 1.807) is 0 Å². The van der Waals surface area contributed by atoms with Gasteiger partial charge < -0.3 is 10.2 Å². The Balaban J connectivity index is 1.46. The third kappa shape index (κ3) is 6.13. The summed E-state index contributed by atoms with van der Waals surface area (Å²) in [4.78, 5) is 29.0. The molecule has 1 aliphatic heterocycles. The Bertz CT molecular complexity index is 921. The highest BCUT2D eigenvalue weighted by Crippen LogP contribution is 2.21. The highest BCUT2D eigenvalue weighted by molar-refractivity contribution is 5.94. The molecule has 1 N–H and O–H groups in total. The Morgan fingerprint density at radius 2 is 1.62 bits per heavy atom. The lowest BCUT2D eigenvalue weighted by atomic mass is 9.95. The summed E-state index contributed by atoms with van der Waals surface area (Å²) in [5, 5.41) is 2.99. The Hall–Kier alpha value is -2.80. The number of carbonyl (C=O) groups is 2. The second-order valence-corrected chi connectivity index (χ2v) is 8.19. The number of amides is 2. The van der Waals surface area contributed by atoms with Crippen LogP contribution in [0.25, 0.3) is 0 Å². The summed E-state index contributed by atoms with van der Waals surface area (Å²) in [6, 6.07) is 11.2. The number of nitrogens with one attached hydrogen (secondary N) is 1. The molecular formula is C25H31F2N3O2. The number of halogens is 2. The molecule has 2 aromatic rings. The number of carbonyl (C=O) groups excluding carboxylic acids is 2. The van der Waals surface area contributed by atoms with Crippen molar-refractivity contribution in [2.24, 2.45) is 5.92 Å². The Morgan fingerprint density at radius 1 is 1.00 bits per heavy atom. The molecule has 5 nitrogen and oxygen atoms in total. The van der Waals surface area contributed by atoms with Crippen molar-refractivity contribution in [3.63, 3.8) is 0 Å². The molecule has 2 aromatic carbocycles. The predicted octanol–water partition coefficient (Wildman–Crippen LogP) is 3.98. The van der Waals surface area contributed by atoms with Crippen LogP contribution in [-0.4, -0.2) is 47.8 Å². The number of rotatable bonds is 8. The second-order valence-electron chi connectivity index (χ2n) is 8.19. The second kappa shape index (κ2) is 11.2. The zero-order valence-corrected chi connectivity index (χ0v) is 18.7. The van der Waals surface area contributed by atoms with Crippen molar-refractivity contribution in [2.45, 2.75) is 39.8 Å². The average Bonchev–Trinajstić information content (AvgIpc) is 2.81. The van der Waals surface area contributed by atoms with Crippen molar-refractivity contribution in [1.29, 1.82) is 0 Å². The van der Waals surface area contributed by atoms with Gasteiger partial charge in [-0.25, -0.2) is 8.78 Å². The number of nitrogens with zero attached hydrogens (tertiary/aromatic N) is 2. The maximum absolute atomic E-state index is 13.9. The van der Waals surface area contributed by atoms with Gasteiger partial charge in [-0.3, -0.25) is 14.5 Å². The van der Waals surface area contributed by atoms with E-state index in [-0.39, 0.29) is 17.4 Å². The molecule has 7 heteroatoms. The summed E-state index contributed by atoms with van der Waals surface area (Å²) in [7, 11) is 0. The third-order valence-corrected chi connectivity index (χ3v) is 6.10. The van der Waals surface area contributed by atoms with Crippen LogP contribution in [-0.2, 0) is 17.9 Å². The number of likely N-dealkylation sites (tertiary alicyclic amines) is 1. The monoisotopic (exact) mass is 443 g/mol. The van der Waals surface area contributed by atoms with E-state index >= 15 is 0 Å². The van der Waals surface area contributed by atoms with Gasteiger partial charge in [-0.1, -0.05) is 38.1 Å². The maximum atomic E-state index is 13.9. The first kappa shape index (κ1) is 23.9. The highest BCUT2D eigenvalue weighted by atomic mass is 19.1. The van der Waals surface area contributed by atoms with Crippen LogP contribution in [0.1, 0.15) is 48.2 Å². The van der Waals surface area contributed by atoms with E-state index < -0.39 is 17.5 Å². The largest absolute Gasteiger partial charge is 0.352 e. The van der Waals surface area contributed by atoms with Crippen molar-refractivity contribution >= 4 is 11.8 Å². The van der Waals surface area contributed by atoms with Gasteiger partial charge in [0.2, 0.25) is 5.91 Å². The highest BCUT2D eigenvalue weighted by Gasteiger charge is 2.28. The quantitative estimate of drug-likeness (QED) is 0.672. The van der Waals surface area contributed by atoms with Gasteiger partial charge in [-0.2, -0.15) is 0 Å². The van der Waals surface area contributed by atoms with E-state index in [1.165, 1.54) is 16.5 Å². The molecule has 0 bridgehead atoms. The van der Waals surface area contributed by atoms with Gasteiger partial charge in [-0.15, -0.1) is 0 Å². The van der Waals surface area contributed by atoms with E-state index in [4.69, 9.17) is 0 Å². The van der Waals surface area contributed by atoms with Gasteiger partial charge in [0.1, 0.15) is 11.6 Å². The number of hydrogen-bond donors (Lipinski definition) is 1. The molecule has 1 heterocycles. The number of hydrogen-bond acceptors (Lipinski definition) is 3. The van der Waals surface area contributed by atoms with Crippen LogP contribution in [0, 0.1) is 17.6 Å². The van der Waals surface area contributed by atoms with E-state index in [0.717, 1.165) is 31.3 Å². The molecule has 0 radical (unpaired) electrons. The summed E-state index contributed by atoms with van der Waals surface area (Å²) < 4.78 is 27.0. The first-order valence-electron chi connectivity index (χ1n) is 11.2. The fourth-order valence-corrected chi connectivity index (χ4v) is 3.98. The molecule has 1 saturated heterocycles. The van der Waals surface area contributed by atoms with Crippen molar-refractivity contribution in [3.8, 4) is 0 Å². The SMILES string of the molecule is CCN(CC)Cc1ccc(CNC(=O)C2CCN(C(=O)c3ccc(F)cc3F)CC2)cc1. The zero-order chi connectivity index (χ0) is 23.1. The molecule has 0 saturated carbocycles. The molecule has 0 atom stereocenters. The molecular weight excluding hydrogens is 412 g/mol. The first-order valence-corrected chi connectivity index (χ1v) is 11.2. The van der Waals surface area contributed by atoms with E-state index in [0.29, 0.717) is 38.5 Å². The number of piperidine rings is 1. The van der Waals surface area contributed by atoms with Gasteiger partial charge in [0, 0.05) is 38.2 Å². The van der Waals surface area contributed by atoms with Crippen LogP contribution >= 0.6 is 0 Å². The molecule has 0 aromatic heterocycles. The van der Waals surface area contributed by atoms with Crippen molar-refractivity contribution < 1.29 is 18.4 Å². The van der Waals surface area contributed by atoms with Gasteiger partial charge in [-0.05, 0) is 49.2 Å². The minimum Gasteiger partial charge on any atom is -0.352 e. The van der Waals surface area contributed by atoms with Gasteiger partial charge in [0.25, 0.3) is 5.91 Å². The van der Waals surface area contributed by atoms with Crippen molar-refractivity contribution in [3.05, 3.63) is 70.8 Å². The standard InChI is InChI=1S/C25H31F2N3O2/c1-3-29(4-2)17-19-7-5-18(6-8-19)16-28-24(31)20-11-13-30(14-12-20)25(32)22-10-9-21(26)15-23(22)27/h5-10,15,20H,3-4,11-14,16-17H2,1-2H3,(H,28,31). The van der Waals surface area contributed by atoms with Crippen LogP contribution in [0.15, 0.2) is 42.5 Å². The van der Waals surface area contributed by atoms with Crippen molar-refractivity contribution in [1.82, 2.24) is 15.1 Å². The third-order valence-electron chi connectivity index (χ3n) is 6.10.